The minimum Gasteiger partial charge on any atom is -0.453 e. The Bertz CT molecular complexity index is 949. The van der Waals surface area contributed by atoms with Gasteiger partial charge in [-0.2, -0.15) is 18.3 Å². The lowest BCUT2D eigenvalue weighted by molar-refractivity contribution is -0.143. The number of nitrogens with zero attached hydrogens (tertiary/aromatic N) is 5. The molecule has 3 aromatic rings. The van der Waals surface area contributed by atoms with Crippen molar-refractivity contribution in [2.45, 2.75) is 19.7 Å². The Kier molecular flexibility index (Phi) is 4.40. The SMILES string of the molecule is Cc1nc(COC(=O)c2nnn(-c3ccccc3F)c2C(F)(F)F)n[nH]1. The number of nitrogens with one attached hydrogen (secondary N) is 1. The first-order valence-corrected chi connectivity index (χ1v) is 7.10. The maximum Gasteiger partial charge on any atom is 0.436 e. The molecule has 12 heteroatoms. The number of halogens is 4. The van der Waals surface area contributed by atoms with Crippen LogP contribution < -0.4 is 0 Å². The van der Waals surface area contributed by atoms with Crippen LogP contribution in [-0.4, -0.2) is 36.1 Å². The van der Waals surface area contributed by atoms with E-state index in [0.29, 0.717) is 5.82 Å². The lowest BCUT2D eigenvalue weighted by atomic mass is 10.2. The van der Waals surface area contributed by atoms with Crippen molar-refractivity contribution in [3.63, 3.8) is 0 Å². The summed E-state index contributed by atoms with van der Waals surface area (Å²) in [5.41, 5.74) is -3.14. The number of alkyl halides is 3. The second-order valence-corrected chi connectivity index (χ2v) is 5.06. The number of hydrogen-bond donors (Lipinski definition) is 1. The van der Waals surface area contributed by atoms with Crippen molar-refractivity contribution >= 4 is 5.97 Å². The minimum atomic E-state index is -5.03. The van der Waals surface area contributed by atoms with Crippen molar-refractivity contribution in [3.8, 4) is 5.69 Å². The van der Waals surface area contributed by atoms with Crippen LogP contribution in [0.5, 0.6) is 0 Å². The highest BCUT2D eigenvalue weighted by Gasteiger charge is 2.43. The van der Waals surface area contributed by atoms with Gasteiger partial charge in [0.2, 0.25) is 5.69 Å². The lowest BCUT2D eigenvalue weighted by Crippen LogP contribution is -2.19. The van der Waals surface area contributed by atoms with Crippen LogP contribution in [-0.2, 0) is 17.5 Å². The van der Waals surface area contributed by atoms with E-state index >= 15 is 0 Å². The van der Waals surface area contributed by atoms with Crippen molar-refractivity contribution in [2.75, 3.05) is 0 Å². The van der Waals surface area contributed by atoms with E-state index in [4.69, 9.17) is 4.74 Å². The number of H-pyrrole nitrogens is 1. The first-order valence-electron chi connectivity index (χ1n) is 7.10. The molecule has 26 heavy (non-hydrogen) atoms. The second-order valence-electron chi connectivity index (χ2n) is 5.06. The van der Waals surface area contributed by atoms with Gasteiger partial charge in [0.05, 0.1) is 0 Å². The van der Waals surface area contributed by atoms with E-state index in [2.05, 4.69) is 25.5 Å². The molecule has 0 unspecified atom stereocenters. The molecule has 0 aliphatic heterocycles. The highest BCUT2D eigenvalue weighted by atomic mass is 19.4. The quantitative estimate of drug-likeness (QED) is 0.559. The number of carbonyl (C=O) groups is 1. The number of para-hydroxylation sites is 1. The first kappa shape index (κ1) is 17.5. The summed E-state index contributed by atoms with van der Waals surface area (Å²) in [4.78, 5) is 15.9. The van der Waals surface area contributed by atoms with E-state index in [9.17, 15) is 22.4 Å². The minimum absolute atomic E-state index is 0.0749. The smallest absolute Gasteiger partial charge is 0.436 e. The van der Waals surface area contributed by atoms with E-state index in [1.165, 1.54) is 12.1 Å². The summed E-state index contributed by atoms with van der Waals surface area (Å²) in [5.74, 6) is -1.83. The predicted molar refractivity (Wildman–Crippen MR) is 76.6 cm³/mol. The summed E-state index contributed by atoms with van der Waals surface area (Å²) >= 11 is 0. The number of rotatable bonds is 4. The third-order valence-corrected chi connectivity index (χ3v) is 3.19. The molecule has 2 aromatic heterocycles. The lowest BCUT2D eigenvalue weighted by Gasteiger charge is -2.11. The molecular weight excluding hydrogens is 360 g/mol. The topological polar surface area (TPSA) is 98.6 Å². The number of esters is 1. The summed E-state index contributed by atoms with van der Waals surface area (Å²) in [6, 6.07) is 4.66. The monoisotopic (exact) mass is 370 g/mol. The average Bonchev–Trinajstić information content (AvgIpc) is 3.19. The van der Waals surface area contributed by atoms with Gasteiger partial charge in [0.25, 0.3) is 0 Å². The fourth-order valence-corrected chi connectivity index (χ4v) is 2.12. The summed E-state index contributed by atoms with van der Waals surface area (Å²) in [5, 5.41) is 12.7. The van der Waals surface area contributed by atoms with E-state index in [0.717, 1.165) is 12.1 Å². The fraction of sp³-hybridized carbons (Fsp3) is 0.214. The van der Waals surface area contributed by atoms with Gasteiger partial charge in [-0.1, -0.05) is 17.3 Å². The molecule has 0 radical (unpaired) electrons. The molecule has 8 nitrogen and oxygen atoms in total. The number of aromatic amines is 1. The molecule has 0 bridgehead atoms. The Hall–Kier alpha value is -3.31. The van der Waals surface area contributed by atoms with Crippen molar-refractivity contribution in [1.29, 1.82) is 0 Å². The first-order chi connectivity index (χ1) is 12.3. The van der Waals surface area contributed by atoms with Crippen LogP contribution in [0.1, 0.15) is 27.8 Å². The molecular formula is C14H10F4N6O2. The number of aryl methyl sites for hydroxylation is 1. The van der Waals surface area contributed by atoms with Gasteiger partial charge < -0.3 is 4.74 Å². The normalized spacial score (nSPS) is 11.6. The third kappa shape index (κ3) is 3.38. The van der Waals surface area contributed by atoms with Crippen LogP contribution in [0.4, 0.5) is 17.6 Å². The van der Waals surface area contributed by atoms with E-state index < -0.39 is 41.6 Å². The van der Waals surface area contributed by atoms with Crippen molar-refractivity contribution in [3.05, 3.63) is 53.1 Å². The fourth-order valence-electron chi connectivity index (χ4n) is 2.12. The van der Waals surface area contributed by atoms with Gasteiger partial charge in [-0.25, -0.2) is 18.9 Å². The van der Waals surface area contributed by atoms with Crippen LogP contribution in [0, 0.1) is 12.7 Å². The van der Waals surface area contributed by atoms with E-state index in [1.807, 2.05) is 0 Å². The van der Waals surface area contributed by atoms with Crippen LogP contribution >= 0.6 is 0 Å². The maximum absolute atomic E-state index is 13.8. The highest BCUT2D eigenvalue weighted by molar-refractivity contribution is 5.88. The largest absolute Gasteiger partial charge is 0.453 e. The Morgan fingerprint density at radius 2 is 2.04 bits per heavy atom. The molecule has 0 fully saturated rings. The zero-order valence-electron chi connectivity index (χ0n) is 13.1. The standard InChI is InChI=1S/C14H10F4N6O2/c1-7-19-10(21-20-7)6-26-13(25)11-12(14(16,17)18)24(23-22-11)9-5-3-2-4-8(9)15/h2-5H,6H2,1H3,(H,19,20,21). The van der Waals surface area contributed by atoms with Gasteiger partial charge in [-0.3, -0.25) is 5.10 Å². The number of ether oxygens (including phenoxy) is 1. The molecule has 1 N–H and O–H groups in total. The molecule has 1 aromatic carbocycles. The van der Waals surface area contributed by atoms with Gasteiger partial charge in [-0.05, 0) is 19.1 Å². The van der Waals surface area contributed by atoms with E-state index in [1.54, 1.807) is 6.92 Å². The van der Waals surface area contributed by atoms with Gasteiger partial charge in [0, 0.05) is 0 Å². The number of carbonyl (C=O) groups excluding carboxylic acids is 1. The molecule has 2 heterocycles. The Morgan fingerprint density at radius 3 is 2.65 bits per heavy atom. The van der Waals surface area contributed by atoms with Crippen LogP contribution in [0.15, 0.2) is 24.3 Å². The summed E-state index contributed by atoms with van der Waals surface area (Å²) in [6.07, 6.45) is -5.03. The van der Waals surface area contributed by atoms with Crippen molar-refractivity contribution in [1.82, 2.24) is 30.2 Å². The molecule has 3 rings (SSSR count). The van der Waals surface area contributed by atoms with E-state index in [-0.39, 0.29) is 10.5 Å². The van der Waals surface area contributed by atoms with Gasteiger partial charge in [-0.15, -0.1) is 5.10 Å². The molecule has 0 spiro atoms. The molecule has 0 amide bonds. The van der Waals surface area contributed by atoms with Crippen LogP contribution in [0.3, 0.4) is 0 Å². The number of hydrogen-bond acceptors (Lipinski definition) is 6. The number of benzene rings is 1. The van der Waals surface area contributed by atoms with Crippen molar-refractivity contribution in [2.24, 2.45) is 0 Å². The Labute approximate surface area is 142 Å². The average molecular weight is 370 g/mol. The zero-order valence-corrected chi connectivity index (χ0v) is 13.1. The molecule has 136 valence electrons. The number of aromatic nitrogens is 6. The van der Waals surface area contributed by atoms with Gasteiger partial charge in [0.1, 0.15) is 17.3 Å². The van der Waals surface area contributed by atoms with Gasteiger partial charge in [0.15, 0.2) is 18.1 Å². The third-order valence-electron chi connectivity index (χ3n) is 3.19. The van der Waals surface area contributed by atoms with Crippen LogP contribution in [0.2, 0.25) is 0 Å². The zero-order chi connectivity index (χ0) is 18.9. The molecule has 0 saturated heterocycles. The summed E-state index contributed by atoms with van der Waals surface area (Å²) in [6.45, 7) is 1.13. The highest BCUT2D eigenvalue weighted by Crippen LogP contribution is 2.33. The van der Waals surface area contributed by atoms with Gasteiger partial charge >= 0.3 is 12.1 Å². The maximum atomic E-state index is 13.8. The molecule has 0 aliphatic rings. The Balaban J connectivity index is 1.94. The van der Waals surface area contributed by atoms with Crippen LogP contribution in [0.25, 0.3) is 5.69 Å². The molecule has 0 aliphatic carbocycles. The van der Waals surface area contributed by atoms with Crippen molar-refractivity contribution < 1.29 is 27.1 Å². The predicted octanol–water partition coefficient (Wildman–Crippen LogP) is 2.21. The summed E-state index contributed by atoms with van der Waals surface area (Å²) < 4.78 is 59.1. The molecule has 0 saturated carbocycles. The molecule has 0 atom stereocenters. The summed E-state index contributed by atoms with van der Waals surface area (Å²) in [7, 11) is 0. The Morgan fingerprint density at radius 1 is 1.31 bits per heavy atom. The second kappa shape index (κ2) is 6.54.